The highest BCUT2D eigenvalue weighted by atomic mass is 35.5. The number of allylic oxidation sites excluding steroid dienone is 1. The Balaban J connectivity index is 0.000000122. The standard InChI is InChI=1S/C23H27ClN4O3S.C22H27N5O3S.C21H28N4O4S.C20H25ClN4O3S.C20H26N4O3S/c1-14-9-16-17(11-20(24)25-18(16)10-14)22-26-19(23(3)5-4-8-32(23,29)30)12-21(27-22)28-6-7-31-13-15(28)2;1-15-14-30-11-10-26(15)20-13-19(22(3)9-6-12-31(22,28)29)24-21(25-20)27-16(2)23-17-7-4-5-8-18(17)27;1-14-10-16(11-19(22-14)28-4)20-23-17(21(3)6-5-9-30(21,26)27)12-18(24-20)25-7-8-29-13-15(25)2;1-13-9-15(10-17(21)22-13)19-23-16(20(3)5-4-8-29(20,26)27)11-18(24-19)25-6-7-28-12-14(25)2;1-14-11-16(5-7-21-14)19-22-17(20(3)6-4-10-28(20,25)26)12-18(23-19)24-8-9-27-13-15(24)2/h9,11-12,15H,4-8,10,13H2,1-3H3;4-5,7-8,13,15H,6,9-12,14H2,1-3H3;10-12,15H,5-9,13H2,1-4H3;9-11,14H,4-8,12H2,1-3H3;5,7,11-12,15H,4,6,8-10,13H2,1-3H3/t15-,23?;15-,22?;15-,21?;14-,20?;15-,20?/m11111/s1. The molecule has 44 heteroatoms. The Labute approximate surface area is 888 Å². The van der Waals surface area contributed by atoms with Gasteiger partial charge in [0.2, 0.25) is 11.8 Å². The van der Waals surface area contributed by atoms with Gasteiger partial charge in [-0.1, -0.05) is 47.0 Å². The van der Waals surface area contributed by atoms with Gasteiger partial charge in [0, 0.05) is 127 Å². The van der Waals surface area contributed by atoms with Crippen LogP contribution in [0.4, 0.5) is 29.1 Å². The van der Waals surface area contributed by atoms with Gasteiger partial charge in [0.1, 0.15) is 69.0 Å². The lowest BCUT2D eigenvalue weighted by atomic mass is 10.00. The number of aromatic nitrogens is 16. The van der Waals surface area contributed by atoms with Crippen LogP contribution < -0.4 is 29.2 Å². The van der Waals surface area contributed by atoms with Gasteiger partial charge in [-0.2, -0.15) is 4.98 Å². The second kappa shape index (κ2) is 43.4. The van der Waals surface area contributed by atoms with E-state index < -0.39 is 72.9 Å². The molecule has 802 valence electrons. The van der Waals surface area contributed by atoms with Gasteiger partial charge in [-0.3, -0.25) is 9.55 Å². The van der Waals surface area contributed by atoms with Gasteiger partial charge in [0.05, 0.1) is 177 Å². The number of fused-ring (bicyclic) bond motifs is 2. The summed E-state index contributed by atoms with van der Waals surface area (Å²) in [5.74, 6) is 8.29. The third-order valence-electron chi connectivity index (χ3n) is 31.2. The second-order valence-electron chi connectivity index (χ2n) is 42.1. The van der Waals surface area contributed by atoms with E-state index in [-0.39, 0.29) is 59.0 Å². The minimum Gasteiger partial charge on any atom is -0.481 e. The number of para-hydroxylation sites is 2. The fourth-order valence-corrected chi connectivity index (χ4v) is 31.6. The van der Waals surface area contributed by atoms with Gasteiger partial charge in [0.25, 0.3) is 0 Å². The Bertz CT molecular complexity index is 7620. The molecule has 22 rings (SSSR count). The minimum atomic E-state index is -3.31. The number of sulfone groups is 5. The van der Waals surface area contributed by atoms with Crippen molar-refractivity contribution in [2.75, 3.05) is 159 Å². The lowest BCUT2D eigenvalue weighted by molar-refractivity contribution is 0.0984. The maximum absolute atomic E-state index is 13.0. The monoisotopic (exact) mass is 2190 g/mol. The zero-order valence-electron chi connectivity index (χ0n) is 87.9. The first-order valence-corrected chi connectivity index (χ1v) is 60.5. The Kier molecular flexibility index (Phi) is 31.5. The molecule has 0 N–H and O–H groups in total. The molecule has 5 unspecified atom stereocenters. The van der Waals surface area contributed by atoms with Crippen LogP contribution in [0.2, 0.25) is 10.3 Å². The average molecular weight is 2190 g/mol. The first-order valence-electron chi connectivity index (χ1n) is 51.4. The van der Waals surface area contributed by atoms with Crippen molar-refractivity contribution in [3.05, 3.63) is 182 Å². The van der Waals surface area contributed by atoms with Crippen LogP contribution in [-0.2, 0) is 103 Å². The summed E-state index contributed by atoms with van der Waals surface area (Å²) in [5, 5.41) is 0.742. The van der Waals surface area contributed by atoms with Crippen LogP contribution in [0.15, 0.2) is 109 Å². The molecule has 11 aromatic rings. The van der Waals surface area contributed by atoms with Crippen LogP contribution >= 0.6 is 23.2 Å². The molecule has 0 radical (unpaired) electrons. The summed E-state index contributed by atoms with van der Waals surface area (Å²) in [6, 6.07) is 30.6. The van der Waals surface area contributed by atoms with Crippen molar-refractivity contribution < 1.29 is 70.5 Å². The van der Waals surface area contributed by atoms with Gasteiger partial charge >= 0.3 is 0 Å². The average Bonchev–Trinajstić information content (AvgIpc) is 1.54. The number of hydrogen-bond donors (Lipinski definition) is 0. The van der Waals surface area contributed by atoms with E-state index >= 15 is 0 Å². The number of aryl methyl sites for hydroxylation is 4. The third-order valence-corrected chi connectivity index (χ3v) is 44.6. The number of imidazole rings is 1. The summed E-state index contributed by atoms with van der Waals surface area (Å²) >= 11 is 12.5. The number of halogens is 2. The number of hydrogen-bond acceptors (Lipinski definition) is 36. The molecule has 150 heavy (non-hydrogen) atoms. The van der Waals surface area contributed by atoms with E-state index in [2.05, 4.69) is 97.0 Å². The SMILES string of the molecule is CC1=Cc2c(-c3nc(N4CCOC[C@H]4C)cc(C4(C)CCCS4(=O)=O)n3)cc(Cl)nc2C1.COc1cc(-c2nc(N3CCOC[C@H]3C)cc(C3(C)CCCS3(=O)=O)n2)cc(C)n1.Cc1cc(-c2nc(N3CCOC[C@H]3C)cc(C3(C)CCCS3(=O)=O)n2)cc(Cl)n1.Cc1cc(-c2nc(N3CCOC[C@H]3C)cc(C3(C)CCCS3(=O)=O)n2)ccn1.Cc1nc2ccccc2n1-c1nc(N2CCOC[C@H]2C)cc(C2(C)CCCS2(=O)=O)n1. The maximum Gasteiger partial charge on any atom is 0.237 e. The fraction of sp³-hybridized carbons (Fsp3) is 0.538. The number of nitrogens with zero attached hydrogens (tertiary/aromatic N) is 21. The van der Waals surface area contributed by atoms with E-state index in [0.717, 1.165) is 110 Å². The molecular formula is C106H133Cl2N21O16S5. The Morgan fingerprint density at radius 3 is 1.09 bits per heavy atom. The predicted molar refractivity (Wildman–Crippen MR) is 581 cm³/mol. The number of pyridine rings is 4. The van der Waals surface area contributed by atoms with Crippen molar-refractivity contribution in [3.8, 4) is 57.4 Å². The van der Waals surface area contributed by atoms with Gasteiger partial charge in [-0.15, -0.1) is 0 Å². The number of morpholine rings is 5. The van der Waals surface area contributed by atoms with E-state index in [0.29, 0.717) is 230 Å². The molecule has 10 fully saturated rings. The fourth-order valence-electron chi connectivity index (χ4n) is 21.9. The molecule has 11 aliphatic rings. The lowest BCUT2D eigenvalue weighted by Crippen LogP contribution is -2.44. The molecule has 10 saturated heterocycles. The van der Waals surface area contributed by atoms with Gasteiger partial charge in [-0.05, 0) is 217 Å². The molecule has 10 aromatic heterocycles. The van der Waals surface area contributed by atoms with Crippen LogP contribution in [0.5, 0.6) is 5.88 Å². The van der Waals surface area contributed by atoms with Gasteiger partial charge < -0.3 is 52.9 Å². The van der Waals surface area contributed by atoms with Crippen LogP contribution in [0.25, 0.3) is 68.6 Å². The van der Waals surface area contributed by atoms with Crippen molar-refractivity contribution in [2.24, 2.45) is 0 Å². The van der Waals surface area contributed by atoms with Crippen molar-refractivity contribution in [2.45, 2.75) is 228 Å². The molecule has 37 nitrogen and oxygen atoms in total. The molecule has 10 atom stereocenters. The van der Waals surface area contributed by atoms with Crippen molar-refractivity contribution >= 4 is 119 Å². The number of ether oxygens (including phenoxy) is 6. The van der Waals surface area contributed by atoms with Crippen LogP contribution in [0, 0.1) is 27.7 Å². The molecule has 0 saturated carbocycles. The summed E-state index contributed by atoms with van der Waals surface area (Å²) in [5.41, 5.74) is 13.1. The molecule has 0 amide bonds. The highest BCUT2D eigenvalue weighted by molar-refractivity contribution is 7.93. The zero-order chi connectivity index (χ0) is 107. The number of anilines is 5. The Morgan fingerprint density at radius 2 is 0.713 bits per heavy atom. The van der Waals surface area contributed by atoms with Crippen molar-refractivity contribution in [3.63, 3.8) is 0 Å². The Hall–Kier alpha value is -10.6. The molecule has 10 aliphatic heterocycles. The first-order chi connectivity index (χ1) is 71.2. The van der Waals surface area contributed by atoms with Gasteiger partial charge in [-0.25, -0.2) is 107 Å². The summed E-state index contributed by atoms with van der Waals surface area (Å²) in [7, 11) is -14.9. The van der Waals surface area contributed by atoms with E-state index in [1.807, 2.05) is 111 Å². The van der Waals surface area contributed by atoms with Crippen LogP contribution in [0.1, 0.15) is 203 Å². The molecule has 1 aromatic carbocycles. The number of rotatable bonds is 16. The minimum absolute atomic E-state index is 0.126. The smallest absolute Gasteiger partial charge is 0.237 e. The second-order valence-corrected chi connectivity index (χ2v) is 55.5. The normalized spacial score (nSPS) is 26.5. The van der Waals surface area contributed by atoms with Crippen LogP contribution in [-0.4, -0.2) is 286 Å². The summed E-state index contributed by atoms with van der Waals surface area (Å²) in [6.07, 6.45) is 10.6. The van der Waals surface area contributed by atoms with E-state index in [1.165, 1.54) is 5.57 Å². The number of methoxy groups -OCH3 is 1. The molecular weight excluding hydrogens is 2050 g/mol. The highest BCUT2D eigenvalue weighted by Gasteiger charge is 2.53. The lowest BCUT2D eigenvalue weighted by Gasteiger charge is -2.35. The summed E-state index contributed by atoms with van der Waals surface area (Å²) in [4.78, 5) is 80.9. The largest absolute Gasteiger partial charge is 0.481 e. The number of benzene rings is 1. The van der Waals surface area contributed by atoms with Crippen molar-refractivity contribution in [1.29, 1.82) is 0 Å². The quantitative estimate of drug-likeness (QED) is 0.0811. The summed E-state index contributed by atoms with van der Waals surface area (Å²) in [6.45, 7) is 38.6. The first kappa shape index (κ1) is 109. The molecule has 1 aliphatic carbocycles. The van der Waals surface area contributed by atoms with Crippen LogP contribution in [0.3, 0.4) is 0 Å². The van der Waals surface area contributed by atoms with Gasteiger partial charge in [0.15, 0.2) is 72.5 Å². The molecule has 0 bridgehead atoms. The topological polar surface area (TPSA) is 441 Å². The molecule has 20 heterocycles. The highest BCUT2D eigenvalue weighted by Crippen LogP contribution is 2.50. The zero-order valence-corrected chi connectivity index (χ0v) is 93.5. The maximum atomic E-state index is 13.0. The predicted octanol–water partition coefficient (Wildman–Crippen LogP) is 14.7. The van der Waals surface area contributed by atoms with E-state index in [4.69, 9.17) is 101 Å². The summed E-state index contributed by atoms with van der Waals surface area (Å²) < 4.78 is 159. The Morgan fingerprint density at radius 1 is 0.367 bits per heavy atom. The third kappa shape index (κ3) is 21.8. The van der Waals surface area contributed by atoms with E-state index in [1.54, 1.807) is 66.1 Å². The molecule has 0 spiro atoms. The van der Waals surface area contributed by atoms with E-state index in [9.17, 15) is 42.1 Å². The van der Waals surface area contributed by atoms with Crippen molar-refractivity contribution in [1.82, 2.24) is 79.3 Å².